The maximum atomic E-state index is 14.7. The van der Waals surface area contributed by atoms with Crippen LogP contribution in [0.3, 0.4) is 0 Å². The Kier molecular flexibility index (Phi) is 6.92. The van der Waals surface area contributed by atoms with Gasteiger partial charge in [0, 0.05) is 0 Å². The van der Waals surface area contributed by atoms with Gasteiger partial charge >= 0.3 is 0 Å². The molecule has 40 heavy (non-hydrogen) atoms. The molecule has 3 atom stereocenters. The minimum absolute atomic E-state index is 0.0832. The van der Waals surface area contributed by atoms with E-state index in [9.17, 15) is 14.0 Å². The zero-order valence-corrected chi connectivity index (χ0v) is 21.8. The Hall–Kier alpha value is -4.69. The first-order valence-electron chi connectivity index (χ1n) is 13.1. The monoisotopic (exact) mass is 538 g/mol. The lowest BCUT2D eigenvalue weighted by Crippen LogP contribution is -2.37. The molecule has 2 fully saturated rings. The zero-order chi connectivity index (χ0) is 27.6. The van der Waals surface area contributed by atoms with Gasteiger partial charge in [-0.2, -0.15) is 0 Å². The van der Waals surface area contributed by atoms with Gasteiger partial charge in [-0.1, -0.05) is 66.7 Å². The second-order valence-electron chi connectivity index (χ2n) is 9.53. The summed E-state index contributed by atoms with van der Waals surface area (Å²) in [5.41, 5.74) is 2.31. The van der Waals surface area contributed by atoms with Gasteiger partial charge < -0.3 is 9.47 Å². The molecule has 0 N–H and O–H groups in total. The van der Waals surface area contributed by atoms with Crippen molar-refractivity contribution < 1.29 is 28.3 Å². The van der Waals surface area contributed by atoms with Crippen LogP contribution in [0.15, 0.2) is 103 Å². The highest BCUT2D eigenvalue weighted by Crippen LogP contribution is 2.49. The Bertz CT molecular complexity index is 1530. The molecule has 202 valence electrons. The maximum absolute atomic E-state index is 14.7. The van der Waals surface area contributed by atoms with Gasteiger partial charge in [0.05, 0.1) is 24.0 Å². The van der Waals surface area contributed by atoms with Crippen molar-refractivity contribution in [2.45, 2.75) is 25.7 Å². The number of ether oxygens (including phenoxy) is 2. The second-order valence-corrected chi connectivity index (χ2v) is 9.53. The molecule has 4 aromatic rings. The van der Waals surface area contributed by atoms with E-state index in [1.807, 2.05) is 79.7 Å². The summed E-state index contributed by atoms with van der Waals surface area (Å²) in [5.74, 6) is -1.62. The second kappa shape index (κ2) is 10.8. The summed E-state index contributed by atoms with van der Waals surface area (Å²) in [6, 6.07) is 29.6. The Labute approximate surface area is 231 Å². The number of benzene rings is 4. The third-order valence-electron chi connectivity index (χ3n) is 7.07. The van der Waals surface area contributed by atoms with Crippen molar-refractivity contribution in [3.8, 4) is 11.5 Å². The molecule has 2 saturated heterocycles. The highest BCUT2D eigenvalue weighted by Gasteiger charge is 2.60. The quantitative estimate of drug-likeness (QED) is 0.262. The molecule has 0 saturated carbocycles. The molecule has 7 nitrogen and oxygen atoms in total. The summed E-state index contributed by atoms with van der Waals surface area (Å²) in [6.07, 6.45) is -1.11. The number of nitrogens with zero attached hydrogens (tertiary/aromatic N) is 2. The van der Waals surface area contributed by atoms with Crippen molar-refractivity contribution in [2.24, 2.45) is 5.92 Å². The lowest BCUT2D eigenvalue weighted by atomic mass is 9.90. The molecule has 6 rings (SSSR count). The van der Waals surface area contributed by atoms with Crippen molar-refractivity contribution >= 4 is 23.2 Å². The number of carbonyl (C=O) groups excluding carboxylic acids is 2. The first-order chi connectivity index (χ1) is 19.6. The van der Waals surface area contributed by atoms with Crippen molar-refractivity contribution in [3.63, 3.8) is 0 Å². The third kappa shape index (κ3) is 4.56. The molecule has 2 heterocycles. The lowest BCUT2D eigenvalue weighted by molar-refractivity contribution is -0.126. The largest absolute Gasteiger partial charge is 0.490 e. The van der Waals surface area contributed by atoms with Gasteiger partial charge in [-0.3, -0.25) is 14.4 Å². The van der Waals surface area contributed by atoms with Crippen LogP contribution in [0.25, 0.3) is 0 Å². The number of rotatable bonds is 8. The van der Waals surface area contributed by atoms with Gasteiger partial charge in [-0.15, -0.1) is 0 Å². The molecular formula is C32H27FN2O5. The number of para-hydroxylation sites is 2. The van der Waals surface area contributed by atoms with Crippen LogP contribution >= 0.6 is 0 Å². The predicted octanol–water partition coefficient (Wildman–Crippen LogP) is 5.85. The molecule has 0 aliphatic carbocycles. The number of hydrogen-bond acceptors (Lipinski definition) is 6. The molecule has 0 radical (unpaired) electrons. The van der Waals surface area contributed by atoms with Crippen LogP contribution in [-0.2, 0) is 21.0 Å². The van der Waals surface area contributed by atoms with Crippen LogP contribution in [0.4, 0.5) is 15.8 Å². The van der Waals surface area contributed by atoms with E-state index in [0.29, 0.717) is 36.0 Å². The Morgan fingerprint density at radius 2 is 1.50 bits per heavy atom. The molecule has 2 aliphatic heterocycles. The summed E-state index contributed by atoms with van der Waals surface area (Å²) in [5, 5.41) is 1.60. The van der Waals surface area contributed by atoms with Gasteiger partial charge in [-0.25, -0.2) is 14.4 Å². The Balaban J connectivity index is 1.38. The highest BCUT2D eigenvalue weighted by molar-refractivity contribution is 6.24. The smallest absolute Gasteiger partial charge is 0.266 e. The van der Waals surface area contributed by atoms with Crippen LogP contribution in [0.2, 0.25) is 0 Å². The van der Waals surface area contributed by atoms with Crippen LogP contribution in [0, 0.1) is 11.7 Å². The number of fused-ring (bicyclic) bond motifs is 1. The van der Waals surface area contributed by atoms with E-state index in [1.54, 1.807) is 17.2 Å². The van der Waals surface area contributed by atoms with Gasteiger partial charge in [0.2, 0.25) is 5.91 Å². The third-order valence-corrected chi connectivity index (χ3v) is 7.07. The average Bonchev–Trinajstić information content (AvgIpc) is 3.49. The number of anilines is 2. The van der Waals surface area contributed by atoms with E-state index in [4.69, 9.17) is 14.3 Å². The van der Waals surface area contributed by atoms with Crippen molar-refractivity contribution in [1.82, 2.24) is 0 Å². The number of imide groups is 1. The van der Waals surface area contributed by atoms with Crippen LogP contribution in [0.5, 0.6) is 11.5 Å². The normalized spacial score (nSPS) is 20.1. The van der Waals surface area contributed by atoms with E-state index >= 15 is 0 Å². The molecule has 0 bridgehead atoms. The SMILES string of the molecule is CCOc1cc([C@@H]2[C@H]3C(=O)N(c4ccccc4F)C(=O)[C@@H]3ON2c2ccccc2)ccc1OCc1ccccc1. The Morgan fingerprint density at radius 3 is 2.23 bits per heavy atom. The molecule has 0 spiro atoms. The summed E-state index contributed by atoms with van der Waals surface area (Å²) >= 11 is 0. The van der Waals surface area contributed by atoms with Crippen molar-refractivity contribution in [1.29, 1.82) is 0 Å². The number of hydrogen-bond donors (Lipinski definition) is 0. The molecule has 8 heteroatoms. The summed E-state index contributed by atoms with van der Waals surface area (Å²) in [7, 11) is 0. The fourth-order valence-electron chi connectivity index (χ4n) is 5.25. The number of hydroxylamine groups is 1. The molecular weight excluding hydrogens is 511 g/mol. The summed E-state index contributed by atoms with van der Waals surface area (Å²) in [6.45, 7) is 2.64. The van der Waals surface area contributed by atoms with E-state index in [-0.39, 0.29) is 5.69 Å². The van der Waals surface area contributed by atoms with E-state index in [1.165, 1.54) is 18.2 Å². The molecule has 2 amide bonds. The topological polar surface area (TPSA) is 68.3 Å². The van der Waals surface area contributed by atoms with Crippen LogP contribution < -0.4 is 19.4 Å². The maximum Gasteiger partial charge on any atom is 0.266 e. The van der Waals surface area contributed by atoms with E-state index < -0.39 is 35.7 Å². The van der Waals surface area contributed by atoms with E-state index in [0.717, 1.165) is 10.5 Å². The Morgan fingerprint density at radius 1 is 0.800 bits per heavy atom. The minimum atomic E-state index is -1.11. The lowest BCUT2D eigenvalue weighted by Gasteiger charge is -2.29. The van der Waals surface area contributed by atoms with Gasteiger partial charge in [0.25, 0.3) is 5.91 Å². The fourth-order valence-corrected chi connectivity index (χ4v) is 5.25. The molecule has 0 unspecified atom stereocenters. The standard InChI is InChI=1S/C32H27FN2O5/c1-2-38-27-19-22(17-18-26(27)39-20-21-11-5-3-6-12-21)29-28-30(40-35(29)23-13-7-4-8-14-23)32(37)34(31(28)36)25-16-10-9-15-24(25)33/h3-19,28-30H,2,20H2,1H3/t28-,29-,30-/m1/s1. The minimum Gasteiger partial charge on any atom is -0.490 e. The van der Waals surface area contributed by atoms with Gasteiger partial charge in [0.15, 0.2) is 17.6 Å². The van der Waals surface area contributed by atoms with E-state index in [2.05, 4.69) is 0 Å². The van der Waals surface area contributed by atoms with Crippen LogP contribution in [0.1, 0.15) is 24.1 Å². The number of amides is 2. The van der Waals surface area contributed by atoms with Gasteiger partial charge in [0.1, 0.15) is 18.3 Å². The molecule has 4 aromatic carbocycles. The van der Waals surface area contributed by atoms with Crippen LogP contribution in [-0.4, -0.2) is 24.5 Å². The first kappa shape index (κ1) is 25.6. The zero-order valence-electron chi connectivity index (χ0n) is 21.8. The predicted molar refractivity (Wildman–Crippen MR) is 147 cm³/mol. The van der Waals surface area contributed by atoms with Gasteiger partial charge in [-0.05, 0) is 54.4 Å². The molecule has 2 aliphatic rings. The summed E-state index contributed by atoms with van der Waals surface area (Å²) in [4.78, 5) is 34.4. The number of halogens is 1. The first-order valence-corrected chi connectivity index (χ1v) is 13.1. The van der Waals surface area contributed by atoms with Crippen molar-refractivity contribution in [3.05, 3.63) is 120 Å². The summed E-state index contributed by atoms with van der Waals surface area (Å²) < 4.78 is 26.7. The van der Waals surface area contributed by atoms with Crippen molar-refractivity contribution in [2.75, 3.05) is 16.6 Å². The fraction of sp³-hybridized carbons (Fsp3) is 0.188. The molecule has 0 aromatic heterocycles. The number of carbonyl (C=O) groups is 2. The average molecular weight is 539 g/mol. The highest BCUT2D eigenvalue weighted by atomic mass is 19.1.